The van der Waals surface area contributed by atoms with E-state index in [0.717, 1.165) is 16.2 Å². The summed E-state index contributed by atoms with van der Waals surface area (Å²) in [6.07, 6.45) is 1.87. The molecule has 12 heteroatoms. The van der Waals surface area contributed by atoms with Gasteiger partial charge in [-0.3, -0.25) is 23.9 Å². The van der Waals surface area contributed by atoms with E-state index in [9.17, 15) is 24.0 Å². The molecule has 0 radical (unpaired) electrons. The lowest BCUT2D eigenvalue weighted by Crippen LogP contribution is -2.43. The largest absolute Gasteiger partial charge is 0.452 e. The van der Waals surface area contributed by atoms with Gasteiger partial charge in [0.25, 0.3) is 11.5 Å². The average molecular weight is 494 g/mol. The molecule has 186 valence electrons. The molecule has 4 N–H and O–H groups in total. The molecule has 0 aromatic carbocycles. The number of nitrogens with zero attached hydrogens (tertiary/aromatic N) is 2. The number of nitrogen functional groups attached to an aromatic ring is 1. The van der Waals surface area contributed by atoms with Gasteiger partial charge in [0.05, 0.1) is 5.56 Å². The lowest BCUT2D eigenvalue weighted by Gasteiger charge is -2.24. The Bertz CT molecular complexity index is 1200. The Morgan fingerprint density at radius 1 is 1.18 bits per heavy atom. The van der Waals surface area contributed by atoms with Gasteiger partial charge in [0.15, 0.2) is 12.3 Å². The highest BCUT2D eigenvalue weighted by Gasteiger charge is 2.27. The first kappa shape index (κ1) is 26.8. The molecule has 0 atom stereocenters. The number of carbonyl (C=O) groups excluding carboxylic acids is 3. The molecule has 2 amide bonds. The highest BCUT2D eigenvalue weighted by Crippen LogP contribution is 2.33. The third-order valence-corrected chi connectivity index (χ3v) is 6.30. The van der Waals surface area contributed by atoms with Crippen LogP contribution in [0.4, 0.5) is 16.5 Å². The fraction of sp³-hybridized carbons (Fsp3) is 0.500. The van der Waals surface area contributed by atoms with E-state index in [2.05, 4.69) is 10.3 Å². The number of nitrogens with two attached hydrogens (primary N) is 1. The third kappa shape index (κ3) is 5.93. The predicted molar refractivity (Wildman–Crippen MR) is 132 cm³/mol. The Morgan fingerprint density at radius 3 is 2.44 bits per heavy atom. The minimum absolute atomic E-state index is 0.122. The van der Waals surface area contributed by atoms with Gasteiger partial charge < -0.3 is 20.7 Å². The van der Waals surface area contributed by atoms with Gasteiger partial charge in [0.1, 0.15) is 10.8 Å². The van der Waals surface area contributed by atoms with Crippen molar-refractivity contribution in [1.29, 1.82) is 0 Å². The highest BCUT2D eigenvalue weighted by molar-refractivity contribution is 7.16. The van der Waals surface area contributed by atoms with Crippen molar-refractivity contribution in [3.05, 3.63) is 36.8 Å². The molecule has 0 spiro atoms. The second kappa shape index (κ2) is 11.6. The van der Waals surface area contributed by atoms with Crippen LogP contribution in [0.25, 0.3) is 0 Å². The fourth-order valence-electron chi connectivity index (χ4n) is 3.36. The van der Waals surface area contributed by atoms with Gasteiger partial charge in [-0.2, -0.15) is 0 Å². The van der Waals surface area contributed by atoms with Gasteiger partial charge in [-0.15, -0.1) is 11.3 Å². The Morgan fingerprint density at radius 2 is 1.85 bits per heavy atom. The fourth-order valence-corrected chi connectivity index (χ4v) is 4.45. The number of aromatic amines is 1. The van der Waals surface area contributed by atoms with Crippen molar-refractivity contribution in [3.63, 3.8) is 0 Å². The van der Waals surface area contributed by atoms with Crippen LogP contribution in [0.1, 0.15) is 60.8 Å². The molecule has 34 heavy (non-hydrogen) atoms. The molecular formula is C22H31N5O6S. The number of thiophene rings is 1. The number of hydrogen-bond donors (Lipinski definition) is 3. The number of aromatic nitrogens is 2. The van der Waals surface area contributed by atoms with Crippen molar-refractivity contribution < 1.29 is 19.1 Å². The molecule has 0 saturated carbocycles. The van der Waals surface area contributed by atoms with Gasteiger partial charge in [-0.25, -0.2) is 9.59 Å². The van der Waals surface area contributed by atoms with E-state index in [4.69, 9.17) is 10.5 Å². The normalized spacial score (nSPS) is 10.7. The summed E-state index contributed by atoms with van der Waals surface area (Å²) in [6.45, 7) is 8.39. The number of unbranched alkanes of at least 4 members (excludes halogenated alkanes) is 1. The zero-order valence-electron chi connectivity index (χ0n) is 20.1. The number of carbonyl (C=O) groups is 3. The maximum atomic E-state index is 13.1. The SMILES string of the molecule is CCCCN(C(=O)COC(=O)c1c(NC(C)=O)sc(C)c1C)c1c(N)n(CCC)c(=O)[nH]c1=O. The van der Waals surface area contributed by atoms with Crippen molar-refractivity contribution in [2.24, 2.45) is 0 Å². The molecule has 2 heterocycles. The molecule has 0 aliphatic heterocycles. The molecule has 0 fully saturated rings. The molecule has 0 bridgehead atoms. The van der Waals surface area contributed by atoms with Crippen LogP contribution in [0.15, 0.2) is 9.59 Å². The van der Waals surface area contributed by atoms with Crippen LogP contribution in [0, 0.1) is 13.8 Å². The topological polar surface area (TPSA) is 157 Å². The number of amides is 2. The van der Waals surface area contributed by atoms with E-state index in [0.29, 0.717) is 23.4 Å². The Kier molecular flexibility index (Phi) is 9.19. The van der Waals surface area contributed by atoms with Crippen molar-refractivity contribution >= 4 is 45.6 Å². The first-order valence-corrected chi connectivity index (χ1v) is 11.8. The van der Waals surface area contributed by atoms with E-state index >= 15 is 0 Å². The summed E-state index contributed by atoms with van der Waals surface area (Å²) in [6, 6.07) is 0. The number of H-pyrrole nitrogens is 1. The van der Waals surface area contributed by atoms with E-state index in [1.54, 1.807) is 13.8 Å². The molecule has 0 unspecified atom stereocenters. The number of ether oxygens (including phenoxy) is 1. The summed E-state index contributed by atoms with van der Waals surface area (Å²) in [5.74, 6) is -1.89. The van der Waals surface area contributed by atoms with E-state index in [1.807, 2.05) is 13.8 Å². The van der Waals surface area contributed by atoms with E-state index < -0.39 is 29.7 Å². The zero-order valence-corrected chi connectivity index (χ0v) is 20.9. The van der Waals surface area contributed by atoms with Crippen LogP contribution in [0.2, 0.25) is 0 Å². The van der Waals surface area contributed by atoms with Crippen molar-refractivity contribution in [2.45, 2.75) is 60.4 Å². The molecular weight excluding hydrogens is 462 g/mol. The highest BCUT2D eigenvalue weighted by atomic mass is 32.1. The third-order valence-electron chi connectivity index (χ3n) is 5.17. The quantitative estimate of drug-likeness (QED) is 0.428. The van der Waals surface area contributed by atoms with Crippen LogP contribution < -0.4 is 27.2 Å². The monoisotopic (exact) mass is 493 g/mol. The molecule has 2 aromatic rings. The van der Waals surface area contributed by atoms with Crippen LogP contribution in [0.5, 0.6) is 0 Å². The average Bonchev–Trinajstić information content (AvgIpc) is 3.03. The number of rotatable bonds is 10. The lowest BCUT2D eigenvalue weighted by molar-refractivity contribution is -0.121. The van der Waals surface area contributed by atoms with Crippen LogP contribution in [0.3, 0.4) is 0 Å². The van der Waals surface area contributed by atoms with Crippen LogP contribution >= 0.6 is 11.3 Å². The van der Waals surface area contributed by atoms with Crippen molar-refractivity contribution in [3.8, 4) is 0 Å². The van der Waals surface area contributed by atoms with Crippen molar-refractivity contribution in [1.82, 2.24) is 9.55 Å². The standard InChI is InChI=1S/C22H31N5O6S/c1-6-8-10-26(17-18(23)27(9-7-2)22(32)25-19(17)30)15(29)11-33-21(31)16-12(3)13(4)34-20(16)24-14(5)28/h6-11,23H2,1-5H3,(H,24,28)(H,25,30,32). The first-order valence-electron chi connectivity index (χ1n) is 11.0. The molecule has 0 saturated heterocycles. The summed E-state index contributed by atoms with van der Waals surface area (Å²) in [7, 11) is 0. The van der Waals surface area contributed by atoms with Gasteiger partial charge in [0.2, 0.25) is 5.91 Å². The van der Waals surface area contributed by atoms with E-state index in [-0.39, 0.29) is 36.1 Å². The second-order valence-electron chi connectivity index (χ2n) is 7.79. The lowest BCUT2D eigenvalue weighted by atomic mass is 10.1. The number of nitrogens with one attached hydrogen (secondary N) is 2. The van der Waals surface area contributed by atoms with Gasteiger partial charge in [0, 0.05) is 24.9 Å². The zero-order chi connectivity index (χ0) is 25.6. The number of esters is 1. The first-order chi connectivity index (χ1) is 16.0. The van der Waals surface area contributed by atoms with E-state index in [1.165, 1.54) is 22.8 Å². The molecule has 0 aliphatic rings. The maximum Gasteiger partial charge on any atom is 0.341 e. The number of anilines is 3. The van der Waals surface area contributed by atoms with Crippen LogP contribution in [-0.4, -0.2) is 40.5 Å². The summed E-state index contributed by atoms with van der Waals surface area (Å²) in [5, 5.41) is 2.95. The molecule has 0 aliphatic carbocycles. The summed E-state index contributed by atoms with van der Waals surface area (Å²) in [5.41, 5.74) is 5.35. The van der Waals surface area contributed by atoms with Crippen molar-refractivity contribution in [2.75, 3.05) is 29.1 Å². The summed E-state index contributed by atoms with van der Waals surface area (Å²) in [4.78, 5) is 66.3. The maximum absolute atomic E-state index is 13.1. The number of hydrogen-bond acceptors (Lipinski definition) is 8. The second-order valence-corrected chi connectivity index (χ2v) is 9.01. The smallest absolute Gasteiger partial charge is 0.341 e. The summed E-state index contributed by atoms with van der Waals surface area (Å²) < 4.78 is 6.47. The van der Waals surface area contributed by atoms with Gasteiger partial charge in [-0.1, -0.05) is 20.3 Å². The van der Waals surface area contributed by atoms with Gasteiger partial charge >= 0.3 is 11.7 Å². The number of aryl methyl sites for hydroxylation is 1. The minimum Gasteiger partial charge on any atom is -0.452 e. The van der Waals surface area contributed by atoms with Gasteiger partial charge in [-0.05, 0) is 32.3 Å². The minimum atomic E-state index is -0.789. The Hall–Kier alpha value is -3.41. The molecule has 2 rings (SSSR count). The Balaban J connectivity index is 2.35. The predicted octanol–water partition coefficient (Wildman–Crippen LogP) is 2.16. The Labute approximate surface area is 200 Å². The molecule has 2 aromatic heterocycles. The summed E-state index contributed by atoms with van der Waals surface area (Å²) >= 11 is 1.24. The van der Waals surface area contributed by atoms with Crippen LogP contribution in [-0.2, 0) is 20.9 Å². The molecule has 11 nitrogen and oxygen atoms in total.